The molecule has 4 heterocycles. The largest absolute Gasteiger partial charge is 0.394 e. The molecule has 0 radical (unpaired) electrons. The van der Waals surface area contributed by atoms with E-state index in [0.29, 0.717) is 44.6 Å². The molecule has 4 aliphatic carbocycles. The molecular weight excluding hydrogens is 692 g/mol. The van der Waals surface area contributed by atoms with Gasteiger partial charge in [-0.1, -0.05) is 39.3 Å². The summed E-state index contributed by atoms with van der Waals surface area (Å²) in [5, 5.41) is 88.5. The summed E-state index contributed by atoms with van der Waals surface area (Å²) in [6.07, 6.45) is -6.28. The van der Waals surface area contributed by atoms with Crippen LogP contribution in [0.4, 0.5) is 0 Å². The van der Waals surface area contributed by atoms with Gasteiger partial charge in [0, 0.05) is 24.2 Å². The molecule has 4 saturated heterocycles. The first-order valence-electron chi connectivity index (χ1n) is 20.0. The van der Waals surface area contributed by atoms with Crippen LogP contribution in [0.2, 0.25) is 0 Å². The smallest absolute Gasteiger partial charge is 0.187 e. The number of aliphatic hydroxyl groups excluding tert-OH is 6. The molecule has 0 unspecified atom stereocenters. The lowest BCUT2D eigenvalue weighted by Crippen LogP contribution is -2.66. The molecule has 14 nitrogen and oxygen atoms in total. The van der Waals surface area contributed by atoms with Gasteiger partial charge in [-0.15, -0.1) is 0 Å². The van der Waals surface area contributed by atoms with E-state index in [2.05, 4.69) is 26.8 Å². The molecule has 14 heteroatoms. The lowest BCUT2D eigenvalue weighted by molar-refractivity contribution is -0.369. The second-order valence-electron chi connectivity index (χ2n) is 18.5. The summed E-state index contributed by atoms with van der Waals surface area (Å²) in [5.74, 6) is -0.554. The highest BCUT2D eigenvalue weighted by Gasteiger charge is 2.81. The van der Waals surface area contributed by atoms with E-state index in [4.69, 9.17) is 28.4 Å². The molecule has 8 N–H and O–H groups in total. The lowest BCUT2D eigenvalue weighted by Gasteiger charge is -2.63. The van der Waals surface area contributed by atoms with Crippen molar-refractivity contribution in [2.45, 2.75) is 183 Å². The molecule has 21 atom stereocenters. The average Bonchev–Trinajstić information content (AvgIpc) is 3.44. The minimum absolute atomic E-state index is 0.0688. The van der Waals surface area contributed by atoms with Crippen molar-refractivity contribution in [3.63, 3.8) is 0 Å². The van der Waals surface area contributed by atoms with Crippen molar-refractivity contribution in [1.29, 1.82) is 0 Å². The van der Waals surface area contributed by atoms with Gasteiger partial charge in [-0.05, 0) is 75.0 Å². The molecule has 3 saturated carbocycles. The zero-order chi connectivity index (χ0) is 38.0. The Morgan fingerprint density at radius 1 is 0.811 bits per heavy atom. The van der Waals surface area contributed by atoms with Crippen LogP contribution in [0.1, 0.15) is 92.4 Å². The van der Waals surface area contributed by atoms with Crippen molar-refractivity contribution < 1.29 is 69.3 Å². The van der Waals surface area contributed by atoms with Crippen LogP contribution in [0.25, 0.3) is 0 Å². The number of hydrogen-bond donors (Lipinski definition) is 8. The molecule has 0 aromatic rings. The van der Waals surface area contributed by atoms with Crippen LogP contribution in [0.15, 0.2) is 11.6 Å². The third-order valence-electron chi connectivity index (χ3n) is 16.0. The predicted molar refractivity (Wildman–Crippen MR) is 184 cm³/mol. The standard InChI is InChI=1S/C39H62O14/c1-18-8-13-38(48-17-18)20(3)39(47)26(53-38)15-37(46)24-7-6-21-14-22(9-11-35(21,4)23(24)10-12-36(37,39)5)50-34-32(30(44)28(42)25(16-40)51-34)52-33-31(45)29(43)27(41)19(2)49-33/h6,18-20,22-34,40-47H,7-17H2,1-5H3/t18-,19+,20-,22-,23+,24-,25-,26+,27+,28-,29-,30+,31-,32-,33+,34-,35-,36-,37-,38-,39-/m1/s1. The second kappa shape index (κ2) is 13.4. The van der Waals surface area contributed by atoms with Crippen LogP contribution in [0, 0.1) is 34.5 Å². The van der Waals surface area contributed by atoms with Crippen molar-refractivity contribution >= 4 is 0 Å². The summed E-state index contributed by atoms with van der Waals surface area (Å²) in [4.78, 5) is 0. The fourth-order valence-corrected chi connectivity index (χ4v) is 12.4. The average molecular weight is 755 g/mol. The summed E-state index contributed by atoms with van der Waals surface area (Å²) < 4.78 is 37.1. The van der Waals surface area contributed by atoms with Crippen LogP contribution in [-0.2, 0) is 28.4 Å². The van der Waals surface area contributed by atoms with Crippen molar-refractivity contribution in [2.75, 3.05) is 13.2 Å². The fraction of sp³-hybridized carbons (Fsp3) is 0.949. The maximum atomic E-state index is 12.9. The van der Waals surface area contributed by atoms with Crippen molar-refractivity contribution in [2.24, 2.45) is 34.5 Å². The highest BCUT2D eigenvalue weighted by Crippen LogP contribution is 2.73. The minimum atomic E-state index is -1.65. The Balaban J connectivity index is 0.995. The summed E-state index contributed by atoms with van der Waals surface area (Å²) in [6.45, 7) is 10.1. The van der Waals surface area contributed by atoms with Crippen molar-refractivity contribution in [3.8, 4) is 0 Å². The summed E-state index contributed by atoms with van der Waals surface area (Å²) in [6, 6.07) is 0. The van der Waals surface area contributed by atoms with E-state index in [1.54, 1.807) is 0 Å². The summed E-state index contributed by atoms with van der Waals surface area (Å²) in [7, 11) is 0. The molecule has 0 bridgehead atoms. The lowest BCUT2D eigenvalue weighted by atomic mass is 9.44. The summed E-state index contributed by atoms with van der Waals surface area (Å²) in [5.41, 5.74) is -2.13. The minimum Gasteiger partial charge on any atom is -0.394 e. The van der Waals surface area contributed by atoms with E-state index < -0.39 is 96.5 Å². The normalized spacial score (nSPS) is 59.5. The molecule has 7 fully saturated rings. The Labute approximate surface area is 311 Å². The molecule has 1 spiro atoms. The fourth-order valence-electron chi connectivity index (χ4n) is 12.4. The maximum absolute atomic E-state index is 12.9. The van der Waals surface area contributed by atoms with Crippen molar-refractivity contribution in [3.05, 3.63) is 11.6 Å². The molecule has 0 amide bonds. The number of ether oxygens (including phenoxy) is 6. The van der Waals surface area contributed by atoms with Crippen LogP contribution in [-0.4, -0.2) is 145 Å². The third-order valence-corrected chi connectivity index (χ3v) is 16.0. The monoisotopic (exact) mass is 754 g/mol. The first-order valence-corrected chi connectivity index (χ1v) is 20.0. The summed E-state index contributed by atoms with van der Waals surface area (Å²) >= 11 is 0. The van der Waals surface area contributed by atoms with Gasteiger partial charge in [-0.3, -0.25) is 0 Å². The number of aliphatic hydroxyl groups is 8. The van der Waals surface area contributed by atoms with E-state index in [-0.39, 0.29) is 29.3 Å². The topological polar surface area (TPSA) is 217 Å². The van der Waals surface area contributed by atoms with Crippen LogP contribution >= 0.6 is 0 Å². The highest BCUT2D eigenvalue weighted by molar-refractivity contribution is 5.33. The maximum Gasteiger partial charge on any atom is 0.187 e. The Morgan fingerprint density at radius 3 is 2.26 bits per heavy atom. The van der Waals surface area contributed by atoms with Gasteiger partial charge in [-0.25, -0.2) is 0 Å². The zero-order valence-corrected chi connectivity index (χ0v) is 31.6. The number of fused-ring (bicyclic) bond motifs is 7. The molecule has 53 heavy (non-hydrogen) atoms. The van der Waals surface area contributed by atoms with E-state index in [0.717, 1.165) is 25.7 Å². The Hall–Kier alpha value is -0.820. The quantitative estimate of drug-likeness (QED) is 0.181. The molecule has 8 aliphatic rings. The van der Waals surface area contributed by atoms with E-state index >= 15 is 0 Å². The molecule has 8 rings (SSSR count). The predicted octanol–water partition coefficient (Wildman–Crippen LogP) is 0.620. The Bertz CT molecular complexity index is 1410. The molecule has 0 aromatic heterocycles. The second-order valence-corrected chi connectivity index (χ2v) is 18.5. The van der Waals surface area contributed by atoms with E-state index in [9.17, 15) is 40.9 Å². The van der Waals surface area contributed by atoms with E-state index in [1.807, 2.05) is 6.92 Å². The van der Waals surface area contributed by atoms with Gasteiger partial charge in [0.05, 0.1) is 37.1 Å². The molecular formula is C39H62O14. The molecule has 302 valence electrons. The van der Waals surface area contributed by atoms with E-state index in [1.165, 1.54) is 12.5 Å². The van der Waals surface area contributed by atoms with Gasteiger partial charge in [0.2, 0.25) is 0 Å². The van der Waals surface area contributed by atoms with Crippen LogP contribution in [0.3, 0.4) is 0 Å². The first-order chi connectivity index (χ1) is 24.9. The van der Waals surface area contributed by atoms with Gasteiger partial charge in [0.1, 0.15) is 48.3 Å². The van der Waals surface area contributed by atoms with Crippen LogP contribution in [0.5, 0.6) is 0 Å². The Morgan fingerprint density at radius 2 is 1.57 bits per heavy atom. The van der Waals surface area contributed by atoms with Gasteiger partial charge in [-0.2, -0.15) is 0 Å². The molecule has 0 aromatic carbocycles. The van der Waals surface area contributed by atoms with Gasteiger partial charge < -0.3 is 69.3 Å². The van der Waals surface area contributed by atoms with Gasteiger partial charge in [0.25, 0.3) is 0 Å². The van der Waals surface area contributed by atoms with Gasteiger partial charge >= 0.3 is 0 Å². The van der Waals surface area contributed by atoms with Crippen LogP contribution < -0.4 is 0 Å². The SMILES string of the molecule is C[C@@H]1CC[C@@]2(OC1)O[C@H]1C[C@@]3(O)[C@@H]4CC=C5C[C@H](O[C@@H]6O[C@H](CO)[C@@H](O)[C@H](O)[C@H]6O[C@@H]6O[C@@H](C)[C@H](O)[C@@H](O)[C@H]6O)CC[C@@]5(C)[C@H]4CC[C@@]3(C)[C@@]1(O)[C@@H]2C. The molecule has 4 aliphatic heterocycles. The number of allylic oxidation sites excluding steroid dienone is 1. The Kier molecular flexibility index (Phi) is 9.84. The number of hydrogen-bond acceptors (Lipinski definition) is 14. The van der Waals surface area contributed by atoms with Gasteiger partial charge in [0.15, 0.2) is 18.4 Å². The third kappa shape index (κ3) is 5.49. The van der Waals surface area contributed by atoms with Crippen molar-refractivity contribution in [1.82, 2.24) is 0 Å². The zero-order valence-electron chi connectivity index (χ0n) is 31.6. The highest BCUT2D eigenvalue weighted by atomic mass is 16.8. The number of rotatable bonds is 5. The first kappa shape index (κ1) is 39.0.